The summed E-state index contributed by atoms with van der Waals surface area (Å²) in [5.41, 5.74) is 1.09. The third-order valence-electron chi connectivity index (χ3n) is 3.89. The van der Waals surface area contributed by atoms with E-state index in [0.29, 0.717) is 0 Å². The van der Waals surface area contributed by atoms with Crippen molar-refractivity contribution in [3.63, 3.8) is 0 Å². The van der Waals surface area contributed by atoms with E-state index in [2.05, 4.69) is 36.2 Å². The lowest BCUT2D eigenvalue weighted by atomic mass is 10.00. The Balaban J connectivity index is 2.15. The molecule has 1 N–H and O–H groups in total. The standard InChI is InChI=1S/C16H25N3O/c1-13(2)15(16(20)19-11-9-17-10-12-19)18(3)14-7-5-4-6-8-14/h4-8,13,15,17H,9-12H2,1-3H3. The van der Waals surface area contributed by atoms with Crippen molar-refractivity contribution in [2.45, 2.75) is 19.9 Å². The average Bonchev–Trinajstić information content (AvgIpc) is 2.48. The van der Waals surface area contributed by atoms with Gasteiger partial charge in [-0.1, -0.05) is 32.0 Å². The van der Waals surface area contributed by atoms with Gasteiger partial charge in [0.15, 0.2) is 0 Å². The summed E-state index contributed by atoms with van der Waals surface area (Å²) in [6.45, 7) is 7.64. The Morgan fingerprint density at radius 1 is 1.20 bits per heavy atom. The highest BCUT2D eigenvalue weighted by Gasteiger charge is 2.31. The van der Waals surface area contributed by atoms with E-state index in [1.54, 1.807) is 0 Å². The van der Waals surface area contributed by atoms with Gasteiger partial charge in [0.25, 0.3) is 0 Å². The summed E-state index contributed by atoms with van der Waals surface area (Å²) in [5, 5.41) is 3.29. The lowest BCUT2D eigenvalue weighted by molar-refractivity contribution is -0.134. The molecule has 0 bridgehead atoms. The number of nitrogens with one attached hydrogen (secondary N) is 1. The molecule has 1 aliphatic heterocycles. The van der Waals surface area contributed by atoms with Gasteiger partial charge in [-0.2, -0.15) is 0 Å². The van der Waals surface area contributed by atoms with E-state index < -0.39 is 0 Å². The fourth-order valence-electron chi connectivity index (χ4n) is 2.79. The molecule has 0 saturated carbocycles. The van der Waals surface area contributed by atoms with Gasteiger partial charge in [-0.3, -0.25) is 4.79 Å². The molecule has 1 fully saturated rings. The molecule has 1 amide bonds. The van der Waals surface area contributed by atoms with E-state index >= 15 is 0 Å². The van der Waals surface area contributed by atoms with Crippen molar-refractivity contribution in [3.8, 4) is 0 Å². The zero-order valence-corrected chi connectivity index (χ0v) is 12.7. The van der Waals surface area contributed by atoms with Gasteiger partial charge in [-0.15, -0.1) is 0 Å². The number of hydrogen-bond donors (Lipinski definition) is 1. The van der Waals surface area contributed by atoms with Crippen LogP contribution in [0, 0.1) is 5.92 Å². The number of rotatable bonds is 4. The minimum atomic E-state index is -0.101. The van der Waals surface area contributed by atoms with Crippen LogP contribution in [0.1, 0.15) is 13.8 Å². The van der Waals surface area contributed by atoms with Crippen molar-refractivity contribution in [3.05, 3.63) is 30.3 Å². The lowest BCUT2D eigenvalue weighted by Crippen LogP contribution is -2.55. The number of nitrogens with zero attached hydrogens (tertiary/aromatic N) is 2. The molecule has 0 aromatic heterocycles. The fourth-order valence-corrected chi connectivity index (χ4v) is 2.79. The van der Waals surface area contributed by atoms with E-state index in [9.17, 15) is 4.79 Å². The molecule has 1 atom stereocenters. The third kappa shape index (κ3) is 3.31. The highest BCUT2D eigenvalue weighted by Crippen LogP contribution is 2.20. The smallest absolute Gasteiger partial charge is 0.245 e. The largest absolute Gasteiger partial charge is 0.362 e. The maximum absolute atomic E-state index is 12.8. The molecule has 2 rings (SSSR count). The molecule has 4 nitrogen and oxygen atoms in total. The minimum absolute atomic E-state index is 0.101. The van der Waals surface area contributed by atoms with Crippen molar-refractivity contribution in [1.29, 1.82) is 0 Å². The van der Waals surface area contributed by atoms with Crippen molar-refractivity contribution in [2.24, 2.45) is 5.92 Å². The summed E-state index contributed by atoms with van der Waals surface area (Å²) in [7, 11) is 2.01. The van der Waals surface area contributed by atoms with Crippen LogP contribution in [0.15, 0.2) is 30.3 Å². The number of carbonyl (C=O) groups is 1. The molecular formula is C16H25N3O. The van der Waals surface area contributed by atoms with Crippen molar-refractivity contribution in [2.75, 3.05) is 38.1 Å². The first-order valence-electron chi connectivity index (χ1n) is 7.38. The predicted octanol–water partition coefficient (Wildman–Crippen LogP) is 1.58. The Kier molecular flexibility index (Phi) is 5.01. The van der Waals surface area contributed by atoms with Crippen LogP contribution in [-0.4, -0.2) is 50.1 Å². The lowest BCUT2D eigenvalue weighted by Gasteiger charge is -2.37. The van der Waals surface area contributed by atoms with Crippen LogP contribution in [0.4, 0.5) is 5.69 Å². The molecule has 1 aromatic carbocycles. The van der Waals surface area contributed by atoms with E-state index in [1.807, 2.05) is 30.1 Å². The van der Waals surface area contributed by atoms with Crippen molar-refractivity contribution < 1.29 is 4.79 Å². The highest BCUT2D eigenvalue weighted by atomic mass is 16.2. The Labute approximate surface area is 121 Å². The summed E-state index contributed by atoms with van der Waals surface area (Å²) in [4.78, 5) is 16.9. The fraction of sp³-hybridized carbons (Fsp3) is 0.562. The predicted molar refractivity (Wildman–Crippen MR) is 82.9 cm³/mol. The molecule has 1 heterocycles. The van der Waals surface area contributed by atoms with E-state index in [0.717, 1.165) is 31.9 Å². The maximum Gasteiger partial charge on any atom is 0.245 e. The van der Waals surface area contributed by atoms with Gasteiger partial charge in [-0.05, 0) is 18.1 Å². The minimum Gasteiger partial charge on any atom is -0.362 e. The highest BCUT2D eigenvalue weighted by molar-refractivity contribution is 5.85. The van der Waals surface area contributed by atoms with E-state index in [-0.39, 0.29) is 17.9 Å². The number of para-hydroxylation sites is 1. The maximum atomic E-state index is 12.8. The van der Waals surface area contributed by atoms with Gasteiger partial charge in [0.2, 0.25) is 5.91 Å². The molecule has 1 aliphatic rings. The van der Waals surface area contributed by atoms with Crippen LogP contribution in [0.25, 0.3) is 0 Å². The molecular weight excluding hydrogens is 250 g/mol. The number of piperazine rings is 1. The van der Waals surface area contributed by atoms with Gasteiger partial charge < -0.3 is 15.1 Å². The van der Waals surface area contributed by atoms with E-state index in [1.165, 1.54) is 0 Å². The van der Waals surface area contributed by atoms with Crippen LogP contribution < -0.4 is 10.2 Å². The number of carbonyl (C=O) groups excluding carboxylic acids is 1. The Bertz CT molecular complexity index is 427. The summed E-state index contributed by atoms with van der Waals surface area (Å²) < 4.78 is 0. The molecule has 0 aliphatic carbocycles. The number of likely N-dealkylation sites (N-methyl/N-ethyl adjacent to an activating group) is 1. The zero-order chi connectivity index (χ0) is 14.5. The molecule has 110 valence electrons. The molecule has 1 unspecified atom stereocenters. The van der Waals surface area contributed by atoms with Gasteiger partial charge >= 0.3 is 0 Å². The Hall–Kier alpha value is -1.55. The van der Waals surface area contributed by atoms with Crippen LogP contribution in [0.2, 0.25) is 0 Å². The number of anilines is 1. The SMILES string of the molecule is CC(C)C(C(=O)N1CCNCC1)N(C)c1ccccc1. The van der Waals surface area contributed by atoms with Gasteiger partial charge in [0, 0.05) is 38.9 Å². The number of benzene rings is 1. The number of hydrogen-bond acceptors (Lipinski definition) is 3. The molecule has 20 heavy (non-hydrogen) atoms. The topological polar surface area (TPSA) is 35.6 Å². The first kappa shape index (κ1) is 14.9. The normalized spacial score (nSPS) is 17.1. The average molecular weight is 275 g/mol. The second kappa shape index (κ2) is 6.75. The quantitative estimate of drug-likeness (QED) is 0.906. The molecule has 0 radical (unpaired) electrons. The zero-order valence-electron chi connectivity index (χ0n) is 12.7. The second-order valence-corrected chi connectivity index (χ2v) is 5.71. The van der Waals surface area contributed by atoms with Crippen molar-refractivity contribution in [1.82, 2.24) is 10.2 Å². The third-order valence-corrected chi connectivity index (χ3v) is 3.89. The van der Waals surface area contributed by atoms with Crippen LogP contribution in [0.3, 0.4) is 0 Å². The number of amides is 1. The van der Waals surface area contributed by atoms with Gasteiger partial charge in [0.05, 0.1) is 0 Å². The first-order chi connectivity index (χ1) is 9.61. The van der Waals surface area contributed by atoms with Crippen LogP contribution >= 0.6 is 0 Å². The Morgan fingerprint density at radius 2 is 1.80 bits per heavy atom. The van der Waals surface area contributed by atoms with E-state index in [4.69, 9.17) is 0 Å². The summed E-state index contributed by atoms with van der Waals surface area (Å²) in [6.07, 6.45) is 0. The van der Waals surface area contributed by atoms with Gasteiger partial charge in [0.1, 0.15) is 6.04 Å². The van der Waals surface area contributed by atoms with Gasteiger partial charge in [-0.25, -0.2) is 0 Å². The molecule has 0 spiro atoms. The monoisotopic (exact) mass is 275 g/mol. The van der Waals surface area contributed by atoms with Crippen LogP contribution in [0.5, 0.6) is 0 Å². The first-order valence-corrected chi connectivity index (χ1v) is 7.38. The molecule has 1 aromatic rings. The second-order valence-electron chi connectivity index (χ2n) is 5.71. The molecule has 1 saturated heterocycles. The Morgan fingerprint density at radius 3 is 2.35 bits per heavy atom. The summed E-state index contributed by atoms with van der Waals surface area (Å²) in [6, 6.07) is 10.0. The summed E-state index contributed by atoms with van der Waals surface area (Å²) in [5.74, 6) is 0.524. The summed E-state index contributed by atoms with van der Waals surface area (Å²) >= 11 is 0. The molecule has 4 heteroatoms. The van der Waals surface area contributed by atoms with Crippen LogP contribution in [-0.2, 0) is 4.79 Å². The van der Waals surface area contributed by atoms with Crippen molar-refractivity contribution >= 4 is 11.6 Å².